The fourth-order valence-corrected chi connectivity index (χ4v) is 3.46. The lowest BCUT2D eigenvalue weighted by molar-refractivity contribution is -0.125. The number of likely N-dealkylation sites (tertiary alicyclic amines) is 1. The van der Waals surface area contributed by atoms with Gasteiger partial charge in [0.2, 0.25) is 17.6 Å². The Morgan fingerprint density at radius 2 is 2.10 bits per heavy atom. The summed E-state index contributed by atoms with van der Waals surface area (Å²) in [6.07, 6.45) is 1.70. The SMILES string of the molecule is CC(C(=O)NC(=O)NC(C)(C)C)N1CCCC(c2nc(-c3cccc(F)c3)no2)C1. The summed E-state index contributed by atoms with van der Waals surface area (Å²) >= 11 is 0. The van der Waals surface area contributed by atoms with Gasteiger partial charge in [0.1, 0.15) is 5.82 Å². The molecule has 1 saturated heterocycles. The highest BCUT2D eigenvalue weighted by Crippen LogP contribution is 2.28. The molecule has 8 nitrogen and oxygen atoms in total. The number of piperidine rings is 1. The molecule has 30 heavy (non-hydrogen) atoms. The Morgan fingerprint density at radius 3 is 2.80 bits per heavy atom. The Labute approximate surface area is 175 Å². The molecule has 1 fully saturated rings. The van der Waals surface area contributed by atoms with Crippen molar-refractivity contribution in [3.63, 3.8) is 0 Å². The van der Waals surface area contributed by atoms with Gasteiger partial charge in [-0.15, -0.1) is 0 Å². The molecular formula is C21H28FN5O3. The smallest absolute Gasteiger partial charge is 0.321 e. The molecule has 0 saturated carbocycles. The van der Waals surface area contributed by atoms with Crippen molar-refractivity contribution in [3.8, 4) is 11.4 Å². The largest absolute Gasteiger partial charge is 0.339 e. The molecule has 3 rings (SSSR count). The summed E-state index contributed by atoms with van der Waals surface area (Å²) in [6, 6.07) is 5.04. The fraction of sp³-hybridized carbons (Fsp3) is 0.524. The summed E-state index contributed by atoms with van der Waals surface area (Å²) in [5.41, 5.74) is 0.122. The van der Waals surface area contributed by atoms with Crippen LogP contribution in [0.1, 0.15) is 52.3 Å². The van der Waals surface area contributed by atoms with E-state index >= 15 is 0 Å². The van der Waals surface area contributed by atoms with Crippen LogP contribution in [0.5, 0.6) is 0 Å². The normalized spacial score (nSPS) is 18.6. The third-order valence-electron chi connectivity index (χ3n) is 4.98. The van der Waals surface area contributed by atoms with E-state index in [1.165, 1.54) is 12.1 Å². The van der Waals surface area contributed by atoms with E-state index in [9.17, 15) is 14.0 Å². The third-order valence-corrected chi connectivity index (χ3v) is 4.98. The van der Waals surface area contributed by atoms with Crippen LogP contribution in [0.3, 0.4) is 0 Å². The highest BCUT2D eigenvalue weighted by atomic mass is 19.1. The van der Waals surface area contributed by atoms with Gasteiger partial charge >= 0.3 is 6.03 Å². The molecule has 2 aromatic rings. The average molecular weight is 417 g/mol. The van der Waals surface area contributed by atoms with Crippen molar-refractivity contribution in [2.45, 2.75) is 58.0 Å². The number of nitrogens with one attached hydrogen (secondary N) is 2. The number of rotatable bonds is 4. The average Bonchev–Trinajstić information content (AvgIpc) is 3.16. The first-order valence-electron chi connectivity index (χ1n) is 10.1. The molecule has 2 atom stereocenters. The first kappa shape index (κ1) is 21.9. The predicted octanol–water partition coefficient (Wildman–Crippen LogP) is 3.07. The molecule has 3 amide bonds. The molecule has 1 aliphatic rings. The van der Waals surface area contributed by atoms with E-state index in [1.807, 2.05) is 25.7 Å². The molecule has 2 N–H and O–H groups in total. The van der Waals surface area contributed by atoms with Crippen LogP contribution < -0.4 is 10.6 Å². The summed E-state index contributed by atoms with van der Waals surface area (Å²) in [5, 5.41) is 9.09. The van der Waals surface area contributed by atoms with Gasteiger partial charge in [0.15, 0.2) is 0 Å². The summed E-state index contributed by atoms with van der Waals surface area (Å²) in [6.45, 7) is 8.60. The lowest BCUT2D eigenvalue weighted by atomic mass is 9.96. The zero-order chi connectivity index (χ0) is 21.9. The molecule has 2 heterocycles. The number of amides is 3. The Hall–Kier alpha value is -2.81. The van der Waals surface area contributed by atoms with Crippen molar-refractivity contribution in [2.75, 3.05) is 13.1 Å². The molecule has 162 valence electrons. The molecular weight excluding hydrogens is 389 g/mol. The number of imide groups is 1. The van der Waals surface area contributed by atoms with E-state index in [2.05, 4.69) is 20.8 Å². The second-order valence-electron chi connectivity index (χ2n) is 8.67. The van der Waals surface area contributed by atoms with E-state index in [1.54, 1.807) is 19.1 Å². The summed E-state index contributed by atoms with van der Waals surface area (Å²) < 4.78 is 18.9. The van der Waals surface area contributed by atoms with Gasteiger partial charge in [-0.3, -0.25) is 15.0 Å². The molecule has 0 bridgehead atoms. The van der Waals surface area contributed by atoms with Crippen LogP contribution in [-0.4, -0.2) is 51.6 Å². The number of nitrogens with zero attached hydrogens (tertiary/aromatic N) is 3. The molecule has 0 aliphatic carbocycles. The number of benzene rings is 1. The van der Waals surface area contributed by atoms with E-state index in [4.69, 9.17) is 4.52 Å². The number of carbonyl (C=O) groups excluding carboxylic acids is 2. The highest BCUT2D eigenvalue weighted by molar-refractivity contribution is 5.97. The maximum Gasteiger partial charge on any atom is 0.321 e. The summed E-state index contributed by atoms with van der Waals surface area (Å²) in [4.78, 5) is 30.9. The lowest BCUT2D eigenvalue weighted by Gasteiger charge is -2.34. The van der Waals surface area contributed by atoms with Crippen molar-refractivity contribution in [1.82, 2.24) is 25.7 Å². The molecule has 2 unspecified atom stereocenters. The number of aromatic nitrogens is 2. The summed E-state index contributed by atoms with van der Waals surface area (Å²) in [7, 11) is 0. The number of hydrogen-bond acceptors (Lipinski definition) is 6. The number of halogens is 1. The highest BCUT2D eigenvalue weighted by Gasteiger charge is 2.32. The fourth-order valence-electron chi connectivity index (χ4n) is 3.46. The monoisotopic (exact) mass is 417 g/mol. The van der Waals surface area contributed by atoms with Gasteiger partial charge in [0.05, 0.1) is 12.0 Å². The molecule has 1 aromatic heterocycles. The number of carbonyl (C=O) groups is 2. The lowest BCUT2D eigenvalue weighted by Crippen LogP contribution is -2.54. The van der Waals surface area contributed by atoms with Crippen LogP contribution in [-0.2, 0) is 4.79 Å². The zero-order valence-corrected chi connectivity index (χ0v) is 17.7. The first-order chi connectivity index (χ1) is 14.1. The Morgan fingerprint density at radius 1 is 1.33 bits per heavy atom. The van der Waals surface area contributed by atoms with Crippen LogP contribution in [0.25, 0.3) is 11.4 Å². The maximum atomic E-state index is 13.5. The van der Waals surface area contributed by atoms with Gasteiger partial charge in [-0.1, -0.05) is 17.3 Å². The van der Waals surface area contributed by atoms with Crippen LogP contribution in [0, 0.1) is 5.82 Å². The minimum absolute atomic E-state index is 0.0350. The number of urea groups is 1. The number of hydrogen-bond donors (Lipinski definition) is 2. The Kier molecular flexibility index (Phi) is 6.50. The van der Waals surface area contributed by atoms with Crippen molar-refractivity contribution >= 4 is 11.9 Å². The first-order valence-corrected chi connectivity index (χ1v) is 10.1. The van der Waals surface area contributed by atoms with Gasteiger partial charge in [0.25, 0.3) is 0 Å². The standard InChI is InChI=1S/C21H28FN5O3/c1-13(18(28)24-20(29)25-21(2,3)4)27-10-6-8-15(12-27)19-23-17(26-30-19)14-7-5-9-16(22)11-14/h5,7,9,11,13,15H,6,8,10,12H2,1-4H3,(H2,24,25,28,29). The molecule has 1 aliphatic heterocycles. The Bertz CT molecular complexity index is 908. The van der Waals surface area contributed by atoms with E-state index in [0.29, 0.717) is 23.8 Å². The molecule has 0 spiro atoms. The van der Waals surface area contributed by atoms with Crippen LogP contribution in [0.4, 0.5) is 9.18 Å². The second-order valence-corrected chi connectivity index (χ2v) is 8.67. The quantitative estimate of drug-likeness (QED) is 0.793. The van der Waals surface area contributed by atoms with Crippen LogP contribution >= 0.6 is 0 Å². The second kappa shape index (κ2) is 8.91. The van der Waals surface area contributed by atoms with Crippen LogP contribution in [0.15, 0.2) is 28.8 Å². The maximum absolute atomic E-state index is 13.5. The van der Waals surface area contributed by atoms with Crippen LogP contribution in [0.2, 0.25) is 0 Å². The topological polar surface area (TPSA) is 100 Å². The predicted molar refractivity (Wildman–Crippen MR) is 109 cm³/mol. The zero-order valence-electron chi connectivity index (χ0n) is 17.7. The van der Waals surface area contributed by atoms with Crippen molar-refractivity contribution < 1.29 is 18.5 Å². The minimum atomic E-state index is -0.510. The van der Waals surface area contributed by atoms with Crippen molar-refractivity contribution in [1.29, 1.82) is 0 Å². The van der Waals surface area contributed by atoms with Crippen molar-refractivity contribution in [3.05, 3.63) is 36.0 Å². The van der Waals surface area contributed by atoms with E-state index < -0.39 is 17.6 Å². The van der Waals surface area contributed by atoms with Gasteiger partial charge in [-0.05, 0) is 59.2 Å². The van der Waals surface area contributed by atoms with Gasteiger partial charge < -0.3 is 9.84 Å². The Balaban J connectivity index is 1.62. The van der Waals surface area contributed by atoms with E-state index in [0.717, 1.165) is 19.4 Å². The minimum Gasteiger partial charge on any atom is -0.339 e. The molecule has 9 heteroatoms. The van der Waals surface area contributed by atoms with Crippen molar-refractivity contribution in [2.24, 2.45) is 0 Å². The third kappa shape index (κ3) is 5.63. The molecule has 1 aromatic carbocycles. The van der Waals surface area contributed by atoms with Gasteiger partial charge in [-0.25, -0.2) is 9.18 Å². The summed E-state index contributed by atoms with van der Waals surface area (Å²) in [5.74, 6) is 0.0527. The van der Waals surface area contributed by atoms with Gasteiger partial charge in [-0.2, -0.15) is 4.98 Å². The molecule has 0 radical (unpaired) electrons. The van der Waals surface area contributed by atoms with Gasteiger partial charge in [0, 0.05) is 17.6 Å². The van der Waals surface area contributed by atoms with E-state index in [-0.39, 0.29) is 17.6 Å².